The van der Waals surface area contributed by atoms with Crippen LogP contribution in [0.5, 0.6) is 5.75 Å². The third-order valence-electron chi connectivity index (χ3n) is 2.80. The Labute approximate surface area is 133 Å². The van der Waals surface area contributed by atoms with E-state index in [-0.39, 0.29) is 12.3 Å². The van der Waals surface area contributed by atoms with Crippen molar-refractivity contribution in [1.29, 1.82) is 0 Å². The van der Waals surface area contributed by atoms with Gasteiger partial charge in [0.2, 0.25) is 5.91 Å². The molecular weight excluding hydrogens is 309 g/mol. The predicted octanol–water partition coefficient (Wildman–Crippen LogP) is 4.57. The van der Waals surface area contributed by atoms with Gasteiger partial charge in [-0.05, 0) is 42.8 Å². The molecule has 0 unspecified atom stereocenters. The molecule has 0 saturated heterocycles. The van der Waals surface area contributed by atoms with Crippen LogP contribution in [0.4, 0.5) is 5.69 Å². The number of benzene rings is 2. The molecule has 0 atom stereocenters. The number of rotatable bonds is 5. The molecule has 5 heteroatoms. The van der Waals surface area contributed by atoms with Gasteiger partial charge in [-0.1, -0.05) is 35.3 Å². The fraction of sp³-hybridized carbons (Fsp3) is 0.188. The maximum Gasteiger partial charge on any atom is 0.228 e. The third kappa shape index (κ3) is 4.66. The summed E-state index contributed by atoms with van der Waals surface area (Å²) < 4.78 is 5.36. The highest BCUT2D eigenvalue weighted by Crippen LogP contribution is 2.25. The maximum atomic E-state index is 12.0. The molecule has 2 aromatic rings. The smallest absolute Gasteiger partial charge is 0.228 e. The highest BCUT2D eigenvalue weighted by Gasteiger charge is 2.06. The van der Waals surface area contributed by atoms with Gasteiger partial charge in [-0.2, -0.15) is 0 Å². The monoisotopic (exact) mass is 323 g/mol. The van der Waals surface area contributed by atoms with Crippen molar-refractivity contribution >= 4 is 34.8 Å². The lowest BCUT2D eigenvalue weighted by Gasteiger charge is -2.07. The first-order valence-corrected chi connectivity index (χ1v) is 7.30. The van der Waals surface area contributed by atoms with E-state index >= 15 is 0 Å². The van der Waals surface area contributed by atoms with E-state index in [9.17, 15) is 4.79 Å². The molecule has 0 aliphatic rings. The van der Waals surface area contributed by atoms with E-state index < -0.39 is 0 Å². The molecule has 0 bridgehead atoms. The second-order valence-electron chi connectivity index (χ2n) is 4.43. The molecule has 2 rings (SSSR count). The van der Waals surface area contributed by atoms with Crippen LogP contribution in [0.3, 0.4) is 0 Å². The fourth-order valence-electron chi connectivity index (χ4n) is 1.83. The second-order valence-corrected chi connectivity index (χ2v) is 5.25. The van der Waals surface area contributed by atoms with E-state index in [4.69, 9.17) is 27.9 Å². The molecule has 3 nitrogen and oxygen atoms in total. The molecule has 0 spiro atoms. The maximum absolute atomic E-state index is 12.0. The molecule has 1 N–H and O–H groups in total. The molecule has 2 aromatic carbocycles. The van der Waals surface area contributed by atoms with Crippen molar-refractivity contribution in [2.45, 2.75) is 13.3 Å². The second kappa shape index (κ2) is 7.34. The van der Waals surface area contributed by atoms with Crippen LogP contribution in [0, 0.1) is 0 Å². The van der Waals surface area contributed by atoms with E-state index in [1.165, 1.54) is 0 Å². The van der Waals surface area contributed by atoms with Gasteiger partial charge >= 0.3 is 0 Å². The number of hydrogen-bond acceptors (Lipinski definition) is 2. The van der Waals surface area contributed by atoms with Gasteiger partial charge in [0.05, 0.1) is 23.1 Å². The van der Waals surface area contributed by atoms with Gasteiger partial charge in [0.1, 0.15) is 5.75 Å². The Morgan fingerprint density at radius 3 is 2.43 bits per heavy atom. The van der Waals surface area contributed by atoms with Gasteiger partial charge in [0.25, 0.3) is 0 Å². The summed E-state index contributed by atoms with van der Waals surface area (Å²) in [5, 5.41) is 3.66. The largest absolute Gasteiger partial charge is 0.494 e. The zero-order valence-electron chi connectivity index (χ0n) is 11.5. The number of hydrogen-bond donors (Lipinski definition) is 1. The molecule has 0 fully saturated rings. The SMILES string of the molecule is CCOc1ccc(CC(=O)Nc2ccc(Cl)c(Cl)c2)cc1. The summed E-state index contributed by atoms with van der Waals surface area (Å²) in [5.74, 6) is 0.684. The van der Waals surface area contributed by atoms with Crippen LogP contribution in [-0.2, 0) is 11.2 Å². The summed E-state index contributed by atoms with van der Waals surface area (Å²) in [4.78, 5) is 12.0. The molecule has 0 saturated carbocycles. The first-order chi connectivity index (χ1) is 10.1. The Kier molecular flexibility index (Phi) is 5.48. The fourth-order valence-corrected chi connectivity index (χ4v) is 2.13. The van der Waals surface area contributed by atoms with E-state index in [1.54, 1.807) is 18.2 Å². The van der Waals surface area contributed by atoms with Crippen LogP contribution < -0.4 is 10.1 Å². The highest BCUT2D eigenvalue weighted by atomic mass is 35.5. The Bertz CT molecular complexity index is 627. The number of anilines is 1. The molecule has 0 radical (unpaired) electrons. The van der Waals surface area contributed by atoms with Crippen molar-refractivity contribution < 1.29 is 9.53 Å². The van der Waals surface area contributed by atoms with Gasteiger partial charge in [-0.25, -0.2) is 0 Å². The van der Waals surface area contributed by atoms with Crippen molar-refractivity contribution in [2.75, 3.05) is 11.9 Å². The standard InChI is InChI=1S/C16H15Cl2NO2/c1-2-21-13-6-3-11(4-7-13)9-16(20)19-12-5-8-14(17)15(18)10-12/h3-8,10H,2,9H2,1H3,(H,19,20). The van der Waals surface area contributed by atoms with Crippen molar-refractivity contribution in [3.05, 3.63) is 58.1 Å². The Morgan fingerprint density at radius 2 is 1.81 bits per heavy atom. The summed E-state index contributed by atoms with van der Waals surface area (Å²) in [7, 11) is 0. The van der Waals surface area contributed by atoms with Gasteiger partial charge in [0, 0.05) is 5.69 Å². The zero-order chi connectivity index (χ0) is 15.2. The van der Waals surface area contributed by atoms with E-state index in [2.05, 4.69) is 5.32 Å². The average molecular weight is 324 g/mol. The summed E-state index contributed by atoms with van der Waals surface area (Å²) in [6, 6.07) is 12.4. The van der Waals surface area contributed by atoms with Crippen LogP contribution in [0.25, 0.3) is 0 Å². The molecule has 0 aliphatic heterocycles. The quantitative estimate of drug-likeness (QED) is 0.875. The number of ether oxygens (including phenoxy) is 1. The van der Waals surface area contributed by atoms with Gasteiger partial charge in [-0.15, -0.1) is 0 Å². The van der Waals surface area contributed by atoms with Crippen molar-refractivity contribution in [3.8, 4) is 5.75 Å². The molecule has 1 amide bonds. The minimum atomic E-state index is -0.113. The topological polar surface area (TPSA) is 38.3 Å². The number of halogens is 2. The van der Waals surface area contributed by atoms with Gasteiger partial charge < -0.3 is 10.1 Å². The highest BCUT2D eigenvalue weighted by molar-refractivity contribution is 6.42. The number of carbonyl (C=O) groups excluding carboxylic acids is 1. The Hall–Kier alpha value is -1.71. The Morgan fingerprint density at radius 1 is 1.10 bits per heavy atom. The number of nitrogens with one attached hydrogen (secondary N) is 1. The minimum Gasteiger partial charge on any atom is -0.494 e. The number of amides is 1. The molecule has 0 aliphatic carbocycles. The van der Waals surface area contributed by atoms with Crippen LogP contribution in [0.1, 0.15) is 12.5 Å². The minimum absolute atomic E-state index is 0.113. The van der Waals surface area contributed by atoms with Crippen LogP contribution in [0.2, 0.25) is 10.0 Å². The zero-order valence-corrected chi connectivity index (χ0v) is 13.0. The summed E-state index contributed by atoms with van der Waals surface area (Å²) in [5.41, 5.74) is 1.54. The van der Waals surface area contributed by atoms with Crippen molar-refractivity contribution in [2.24, 2.45) is 0 Å². The van der Waals surface area contributed by atoms with E-state index in [0.29, 0.717) is 22.3 Å². The summed E-state index contributed by atoms with van der Waals surface area (Å²) in [6.07, 6.45) is 0.284. The molecule has 110 valence electrons. The summed E-state index contributed by atoms with van der Waals surface area (Å²) >= 11 is 11.7. The Balaban J connectivity index is 1.96. The molecule has 0 aromatic heterocycles. The van der Waals surface area contributed by atoms with Crippen LogP contribution in [0.15, 0.2) is 42.5 Å². The lowest BCUT2D eigenvalue weighted by atomic mass is 10.1. The van der Waals surface area contributed by atoms with Crippen LogP contribution >= 0.6 is 23.2 Å². The van der Waals surface area contributed by atoms with Crippen molar-refractivity contribution in [1.82, 2.24) is 0 Å². The summed E-state index contributed by atoms with van der Waals surface area (Å²) in [6.45, 7) is 2.55. The lowest BCUT2D eigenvalue weighted by Crippen LogP contribution is -2.14. The normalized spacial score (nSPS) is 10.2. The molecule has 21 heavy (non-hydrogen) atoms. The van der Waals surface area contributed by atoms with Gasteiger partial charge in [0.15, 0.2) is 0 Å². The lowest BCUT2D eigenvalue weighted by molar-refractivity contribution is -0.115. The van der Waals surface area contributed by atoms with Gasteiger partial charge in [-0.3, -0.25) is 4.79 Å². The predicted molar refractivity (Wildman–Crippen MR) is 86.4 cm³/mol. The first kappa shape index (κ1) is 15.7. The first-order valence-electron chi connectivity index (χ1n) is 6.55. The van der Waals surface area contributed by atoms with E-state index in [1.807, 2.05) is 31.2 Å². The van der Waals surface area contributed by atoms with Crippen LogP contribution in [-0.4, -0.2) is 12.5 Å². The third-order valence-corrected chi connectivity index (χ3v) is 3.54. The molecule has 0 heterocycles. The number of carbonyl (C=O) groups is 1. The molecular formula is C16H15Cl2NO2. The van der Waals surface area contributed by atoms with E-state index in [0.717, 1.165) is 11.3 Å². The average Bonchev–Trinajstić information content (AvgIpc) is 2.45. The van der Waals surface area contributed by atoms with Crippen molar-refractivity contribution in [3.63, 3.8) is 0 Å².